The number of carboxylic acids is 2. The Labute approximate surface area is 302 Å². The van der Waals surface area contributed by atoms with Crippen LogP contribution in [-0.4, -0.2) is 66.5 Å². The Hall–Kier alpha value is 0.197. The fraction of sp³-hybridized carbons (Fsp3) is 0.895. The summed E-state index contributed by atoms with van der Waals surface area (Å²) in [5.41, 5.74) is 0. The second kappa shape index (κ2) is 45.2. The molecule has 0 spiro atoms. The van der Waals surface area contributed by atoms with E-state index in [0.29, 0.717) is 12.2 Å². The molecular weight excluding hydrogens is 790 g/mol. The van der Waals surface area contributed by atoms with Crippen LogP contribution in [0.4, 0.5) is 0 Å². The van der Waals surface area contributed by atoms with Crippen molar-refractivity contribution in [2.75, 3.05) is 14.2 Å². The number of rotatable bonds is 32. The first-order chi connectivity index (χ1) is 22.3. The third-order valence-electron chi connectivity index (χ3n) is 8.17. The van der Waals surface area contributed by atoms with Gasteiger partial charge >= 0.3 is 260 Å². The second-order valence-electron chi connectivity index (χ2n) is 12.5. The Balaban J connectivity index is -0.000000653. The van der Waals surface area contributed by atoms with Crippen LogP contribution >= 0.6 is 0 Å². The van der Waals surface area contributed by atoms with Gasteiger partial charge in [0.25, 0.3) is 0 Å². The monoisotopic (exact) mass is 868 g/mol. The average molecular weight is 866 g/mol. The molecule has 0 bridgehead atoms. The van der Waals surface area contributed by atoms with Crippen LogP contribution in [-0.2, 0) is 15.7 Å². The Morgan fingerprint density at radius 1 is 0.413 bits per heavy atom. The number of carbonyl (C=O) groups is 2. The van der Waals surface area contributed by atoms with Crippen molar-refractivity contribution in [1.82, 2.24) is 0 Å². The number of aliphatic carboxylic acids is 2. The molecule has 8 heteroatoms. The molecule has 0 saturated heterocycles. The zero-order valence-corrected chi connectivity index (χ0v) is 37.1. The molecule has 0 rings (SSSR count). The zero-order chi connectivity index (χ0) is 34.9. The van der Waals surface area contributed by atoms with Crippen molar-refractivity contribution in [3.8, 4) is 0 Å². The summed E-state index contributed by atoms with van der Waals surface area (Å²) < 4.78 is 17.5. The molecule has 0 radical (unpaired) electrons. The molecular formula is C38H76O6Sn2. The van der Waals surface area contributed by atoms with Gasteiger partial charge in [0.15, 0.2) is 0 Å². The fourth-order valence-corrected chi connectivity index (χ4v) is 16.3. The third-order valence-corrected chi connectivity index (χ3v) is 21.9. The third kappa shape index (κ3) is 48.6. The molecule has 0 unspecified atom stereocenters. The predicted octanol–water partition coefficient (Wildman–Crippen LogP) is 9.73. The van der Waals surface area contributed by atoms with Crippen molar-refractivity contribution in [1.29, 1.82) is 0 Å². The van der Waals surface area contributed by atoms with Crippen LogP contribution < -0.4 is 10.2 Å². The molecule has 0 aromatic heterocycles. The zero-order valence-electron chi connectivity index (χ0n) is 31.4. The summed E-state index contributed by atoms with van der Waals surface area (Å²) in [7, 11) is 3.95. The Bertz CT molecular complexity index is 548. The van der Waals surface area contributed by atoms with Crippen molar-refractivity contribution >= 4 is 52.3 Å². The normalized spacial score (nSPS) is 10.7. The van der Waals surface area contributed by atoms with Crippen molar-refractivity contribution in [3.05, 3.63) is 12.2 Å². The van der Waals surface area contributed by atoms with Gasteiger partial charge in [0, 0.05) is 0 Å². The van der Waals surface area contributed by atoms with Gasteiger partial charge in [0.2, 0.25) is 0 Å². The van der Waals surface area contributed by atoms with E-state index in [-0.39, 0.29) is 0 Å². The minimum atomic E-state index is -1.55. The maximum atomic E-state index is 9.41. The molecule has 0 fully saturated rings. The van der Waals surface area contributed by atoms with Crippen LogP contribution in [0.25, 0.3) is 0 Å². The summed E-state index contributed by atoms with van der Waals surface area (Å²) in [5.74, 6) is -3.09. The smallest absolute Gasteiger partial charge is 0.0643 e. The first kappa shape index (κ1) is 50.6. The molecule has 0 amide bonds. The van der Waals surface area contributed by atoms with Crippen LogP contribution in [0.1, 0.15) is 182 Å². The largest absolute Gasteiger partial charge is 0.545 e. The number of unbranched alkanes of at least 4 members (excludes halogenated alkanes) is 20. The topological polar surface area (TPSA) is 98.7 Å². The van der Waals surface area contributed by atoms with Crippen molar-refractivity contribution in [3.63, 3.8) is 0 Å². The number of hydrogen-bond acceptors (Lipinski definition) is 6. The molecule has 0 aliphatic carbocycles. The van der Waals surface area contributed by atoms with E-state index in [1.54, 1.807) is 0 Å². The van der Waals surface area contributed by atoms with E-state index in [4.69, 9.17) is 6.15 Å². The van der Waals surface area contributed by atoms with Gasteiger partial charge in [-0.1, -0.05) is 0 Å². The van der Waals surface area contributed by atoms with Gasteiger partial charge in [-0.15, -0.1) is 0 Å². The summed E-state index contributed by atoms with van der Waals surface area (Å²) in [5, 5.41) is 18.8. The molecule has 272 valence electrons. The molecule has 0 N–H and O–H groups in total. The molecule has 0 atom stereocenters. The summed E-state index contributed by atoms with van der Waals surface area (Å²) in [6.45, 7) is 9.16. The van der Waals surface area contributed by atoms with E-state index in [0.717, 1.165) is 0 Å². The fourth-order valence-electron chi connectivity index (χ4n) is 5.20. The molecule has 0 aromatic carbocycles. The van der Waals surface area contributed by atoms with E-state index in [9.17, 15) is 19.8 Å². The minimum absolute atomic E-state index is 0.384. The molecule has 0 aromatic rings. The molecule has 0 heterocycles. The average Bonchev–Trinajstić information content (AvgIpc) is 3.05. The Kier molecular flexibility index (Phi) is 49.7. The maximum Gasteiger partial charge on any atom is 0.0643 e. The molecule has 0 aliphatic heterocycles. The van der Waals surface area contributed by atoms with Crippen LogP contribution in [0.3, 0.4) is 0 Å². The molecule has 0 saturated carbocycles. The van der Waals surface area contributed by atoms with Gasteiger partial charge < -0.3 is 19.8 Å². The van der Waals surface area contributed by atoms with Gasteiger partial charge in [-0.2, -0.15) is 0 Å². The van der Waals surface area contributed by atoms with E-state index in [1.165, 1.54) is 172 Å². The van der Waals surface area contributed by atoms with Crippen LogP contribution in [0, 0.1) is 0 Å². The summed E-state index contributed by atoms with van der Waals surface area (Å²) in [4.78, 5) is 18.8. The molecule has 46 heavy (non-hydrogen) atoms. The van der Waals surface area contributed by atoms with Crippen LogP contribution in [0.5, 0.6) is 0 Å². The number of carbonyl (C=O) groups excluding carboxylic acids is 2. The van der Waals surface area contributed by atoms with E-state index in [2.05, 4.69) is 27.7 Å². The standard InChI is InChI=1S/4C8H17.C4H4O4.2CH3O.2Sn/c4*1-3-5-7-8-6-4-2;5-3(6)1-2-4(7)8;2*1-2;;/h4*1,3-8H2,2H3;1-2H,(H,5,6)(H,7,8);2*1H3;;/q;;;;;2*-1;2*+2/p-2/b;;;;2-1-;;;;. The summed E-state index contributed by atoms with van der Waals surface area (Å²) >= 11 is -2.79. The van der Waals surface area contributed by atoms with E-state index < -0.39 is 52.3 Å². The van der Waals surface area contributed by atoms with E-state index in [1.807, 2.05) is 14.2 Å². The van der Waals surface area contributed by atoms with Gasteiger partial charge in [-0.05, 0) is 12.2 Å². The first-order valence-electron chi connectivity index (χ1n) is 19.2. The van der Waals surface area contributed by atoms with Gasteiger partial charge in [-0.25, -0.2) is 0 Å². The Morgan fingerprint density at radius 2 is 0.609 bits per heavy atom. The van der Waals surface area contributed by atoms with E-state index >= 15 is 0 Å². The van der Waals surface area contributed by atoms with Gasteiger partial charge in [0.1, 0.15) is 0 Å². The van der Waals surface area contributed by atoms with Crippen LogP contribution in [0.2, 0.25) is 17.7 Å². The van der Waals surface area contributed by atoms with Gasteiger partial charge in [0.05, 0.1) is 11.9 Å². The first-order valence-corrected chi connectivity index (χ1v) is 29.6. The van der Waals surface area contributed by atoms with Crippen molar-refractivity contribution < 1.29 is 26.0 Å². The minimum Gasteiger partial charge on any atom is -0.545 e. The maximum absolute atomic E-state index is 9.41. The quantitative estimate of drug-likeness (QED) is 0.0380. The Morgan fingerprint density at radius 3 is 0.783 bits per heavy atom. The number of hydrogen-bond donors (Lipinski definition) is 0. The molecule has 6 nitrogen and oxygen atoms in total. The molecule has 0 aliphatic rings. The van der Waals surface area contributed by atoms with Crippen molar-refractivity contribution in [2.45, 2.75) is 200 Å². The van der Waals surface area contributed by atoms with Crippen LogP contribution in [0.15, 0.2) is 12.2 Å². The second-order valence-corrected chi connectivity index (χ2v) is 26.7. The van der Waals surface area contributed by atoms with Gasteiger partial charge in [-0.3, -0.25) is 0 Å². The summed E-state index contributed by atoms with van der Waals surface area (Å²) in [6, 6.07) is 0. The van der Waals surface area contributed by atoms with Crippen molar-refractivity contribution in [2.24, 2.45) is 0 Å². The summed E-state index contributed by atoms with van der Waals surface area (Å²) in [6.07, 6.45) is 35.1. The SMILES string of the molecule is CCCCCCC[CH2][Sn+]([CH2]CCCCCCC)[O]C.CCCCCCC[CH2][Sn+]([CH2]CCCCCCC)[O]C.O=C([O-])/C=C\C(=O)[O-]. The number of carboxylic acid groups (broad SMARTS) is 2. The predicted molar refractivity (Wildman–Crippen MR) is 197 cm³/mol.